The molecule has 2 rings (SSSR count). The van der Waals surface area contributed by atoms with Gasteiger partial charge in [0.1, 0.15) is 4.21 Å². The van der Waals surface area contributed by atoms with Gasteiger partial charge in [0, 0.05) is 10.6 Å². The Hall–Kier alpha value is -1.86. The van der Waals surface area contributed by atoms with E-state index in [0.717, 1.165) is 11.3 Å². The first kappa shape index (κ1) is 15.5. The van der Waals surface area contributed by atoms with E-state index in [-0.39, 0.29) is 4.21 Å². The van der Waals surface area contributed by atoms with Gasteiger partial charge in [-0.25, -0.2) is 13.2 Å². The van der Waals surface area contributed by atoms with Crippen LogP contribution < -0.4 is 4.72 Å². The van der Waals surface area contributed by atoms with Crippen molar-refractivity contribution in [3.8, 4) is 0 Å². The highest BCUT2D eigenvalue weighted by Gasteiger charge is 2.17. The van der Waals surface area contributed by atoms with Gasteiger partial charge in [-0.3, -0.25) is 4.72 Å². The van der Waals surface area contributed by atoms with Crippen LogP contribution in [0.3, 0.4) is 0 Å². The van der Waals surface area contributed by atoms with Gasteiger partial charge in [0.2, 0.25) is 0 Å². The van der Waals surface area contributed by atoms with Gasteiger partial charge >= 0.3 is 5.97 Å². The second-order valence-electron chi connectivity index (χ2n) is 4.25. The van der Waals surface area contributed by atoms with Gasteiger partial charge in [0.05, 0.1) is 12.7 Å². The van der Waals surface area contributed by atoms with Gasteiger partial charge in [-0.15, -0.1) is 11.3 Å². The van der Waals surface area contributed by atoms with Gasteiger partial charge in [-0.1, -0.05) is 6.92 Å². The first-order valence-electron chi connectivity index (χ1n) is 6.26. The number of thiophene rings is 1. The van der Waals surface area contributed by atoms with Crippen LogP contribution >= 0.6 is 11.3 Å². The summed E-state index contributed by atoms with van der Waals surface area (Å²) in [5.41, 5.74) is 0.763. The minimum Gasteiger partial charge on any atom is -0.465 e. The third-order valence-corrected chi connectivity index (χ3v) is 5.91. The van der Waals surface area contributed by atoms with E-state index < -0.39 is 16.0 Å². The van der Waals surface area contributed by atoms with Gasteiger partial charge in [-0.05, 0) is 42.8 Å². The second-order valence-corrected chi connectivity index (χ2v) is 7.33. The number of hydrogen-bond donors (Lipinski definition) is 1. The van der Waals surface area contributed by atoms with Crippen molar-refractivity contribution in [1.82, 2.24) is 0 Å². The molecular weight excluding hydrogens is 310 g/mol. The summed E-state index contributed by atoms with van der Waals surface area (Å²) in [6.07, 6.45) is 0.800. The molecule has 0 aliphatic rings. The standard InChI is InChI=1S/C14H15NO4S2/c1-3-12-8-9-13(20-12)21(17,18)15-11-6-4-10(5-7-11)14(16)19-2/h4-9,15H,3H2,1-2H3. The van der Waals surface area contributed by atoms with Gasteiger partial charge in [0.15, 0.2) is 0 Å². The molecule has 1 aromatic carbocycles. The SMILES string of the molecule is CCc1ccc(S(=O)(=O)Nc2ccc(C(=O)OC)cc2)s1. The third kappa shape index (κ3) is 3.62. The highest BCUT2D eigenvalue weighted by Crippen LogP contribution is 2.24. The monoisotopic (exact) mass is 325 g/mol. The van der Waals surface area contributed by atoms with Crippen LogP contribution in [0.2, 0.25) is 0 Å². The maximum Gasteiger partial charge on any atom is 0.337 e. The molecule has 0 saturated heterocycles. The van der Waals surface area contributed by atoms with Crippen molar-refractivity contribution in [3.63, 3.8) is 0 Å². The van der Waals surface area contributed by atoms with E-state index in [4.69, 9.17) is 0 Å². The van der Waals surface area contributed by atoms with Crippen LogP contribution in [0.25, 0.3) is 0 Å². The maximum atomic E-state index is 12.2. The number of hydrogen-bond acceptors (Lipinski definition) is 5. The average Bonchev–Trinajstić information content (AvgIpc) is 2.96. The molecule has 0 amide bonds. The number of nitrogens with one attached hydrogen (secondary N) is 1. The highest BCUT2D eigenvalue weighted by molar-refractivity contribution is 7.94. The number of ether oxygens (including phenoxy) is 1. The number of rotatable bonds is 5. The molecule has 5 nitrogen and oxygen atoms in total. The van der Waals surface area contributed by atoms with E-state index in [0.29, 0.717) is 11.3 Å². The summed E-state index contributed by atoms with van der Waals surface area (Å²) in [5, 5.41) is 0. The molecule has 0 unspecified atom stereocenters. The summed E-state index contributed by atoms with van der Waals surface area (Å²) in [7, 11) is -2.30. The molecule has 7 heteroatoms. The molecule has 21 heavy (non-hydrogen) atoms. The minimum absolute atomic E-state index is 0.274. The van der Waals surface area contributed by atoms with Gasteiger partial charge in [0.25, 0.3) is 10.0 Å². The lowest BCUT2D eigenvalue weighted by Gasteiger charge is -2.06. The van der Waals surface area contributed by atoms with Crippen molar-refractivity contribution in [2.45, 2.75) is 17.6 Å². The van der Waals surface area contributed by atoms with Crippen LogP contribution in [0.4, 0.5) is 5.69 Å². The number of aryl methyl sites for hydroxylation is 1. The zero-order valence-corrected chi connectivity index (χ0v) is 13.3. The fourth-order valence-corrected chi connectivity index (χ4v) is 4.04. The molecule has 1 heterocycles. The van der Waals surface area contributed by atoms with E-state index in [1.807, 2.05) is 6.92 Å². The number of anilines is 1. The highest BCUT2D eigenvalue weighted by atomic mass is 32.2. The molecule has 0 atom stereocenters. The van der Waals surface area contributed by atoms with E-state index in [1.54, 1.807) is 12.1 Å². The van der Waals surface area contributed by atoms with Crippen LogP contribution in [0.1, 0.15) is 22.2 Å². The maximum absolute atomic E-state index is 12.2. The Balaban J connectivity index is 2.18. The summed E-state index contributed by atoms with van der Waals surface area (Å²) < 4.78 is 31.8. The Morgan fingerprint density at radius 3 is 2.38 bits per heavy atom. The van der Waals surface area contributed by atoms with Crippen molar-refractivity contribution in [2.75, 3.05) is 11.8 Å². The fourth-order valence-electron chi connectivity index (χ4n) is 1.69. The molecular formula is C14H15NO4S2. The fraction of sp³-hybridized carbons (Fsp3) is 0.214. The molecule has 0 aliphatic heterocycles. The second kappa shape index (κ2) is 6.28. The Morgan fingerprint density at radius 2 is 1.86 bits per heavy atom. The largest absolute Gasteiger partial charge is 0.465 e. The van der Waals surface area contributed by atoms with Crippen LogP contribution in [-0.4, -0.2) is 21.5 Å². The number of esters is 1. The molecule has 0 spiro atoms. The van der Waals surface area contributed by atoms with Crippen molar-refractivity contribution >= 4 is 33.0 Å². The molecule has 2 aromatic rings. The number of sulfonamides is 1. The van der Waals surface area contributed by atoms with Crippen LogP contribution in [0.5, 0.6) is 0 Å². The molecule has 0 bridgehead atoms. The zero-order chi connectivity index (χ0) is 15.5. The predicted octanol–water partition coefficient (Wildman–Crippen LogP) is 2.90. The van der Waals surface area contributed by atoms with Crippen LogP contribution in [0.15, 0.2) is 40.6 Å². The van der Waals surface area contributed by atoms with E-state index in [9.17, 15) is 13.2 Å². The lowest BCUT2D eigenvalue weighted by Crippen LogP contribution is -2.11. The van der Waals surface area contributed by atoms with Gasteiger partial charge in [-0.2, -0.15) is 0 Å². The normalized spacial score (nSPS) is 11.1. The van der Waals surface area contributed by atoms with Crippen molar-refractivity contribution < 1.29 is 17.9 Å². The minimum atomic E-state index is -3.59. The molecule has 0 fully saturated rings. The Labute approximate surface area is 127 Å². The molecule has 0 radical (unpaired) electrons. The first-order chi connectivity index (χ1) is 9.96. The predicted molar refractivity (Wildman–Crippen MR) is 82.3 cm³/mol. The van der Waals surface area contributed by atoms with E-state index >= 15 is 0 Å². The summed E-state index contributed by atoms with van der Waals surface area (Å²) >= 11 is 1.25. The molecule has 0 aliphatic carbocycles. The number of carbonyl (C=O) groups is 1. The van der Waals surface area contributed by atoms with Crippen LogP contribution in [-0.2, 0) is 21.2 Å². The number of benzene rings is 1. The zero-order valence-electron chi connectivity index (χ0n) is 11.6. The van der Waals surface area contributed by atoms with Crippen molar-refractivity contribution in [1.29, 1.82) is 0 Å². The van der Waals surface area contributed by atoms with Crippen molar-refractivity contribution in [3.05, 3.63) is 46.8 Å². The molecule has 1 aromatic heterocycles. The topological polar surface area (TPSA) is 72.5 Å². The molecule has 0 saturated carbocycles. The van der Waals surface area contributed by atoms with Gasteiger partial charge < -0.3 is 4.74 Å². The van der Waals surface area contributed by atoms with Crippen molar-refractivity contribution in [2.24, 2.45) is 0 Å². The number of carbonyl (C=O) groups excluding carboxylic acids is 1. The Morgan fingerprint density at radius 1 is 1.19 bits per heavy atom. The Bertz CT molecular complexity index is 733. The summed E-state index contributed by atoms with van der Waals surface area (Å²) in [4.78, 5) is 12.3. The quantitative estimate of drug-likeness (QED) is 0.858. The third-order valence-electron chi connectivity index (χ3n) is 2.81. The lowest BCUT2D eigenvalue weighted by atomic mass is 10.2. The first-order valence-corrected chi connectivity index (χ1v) is 8.56. The summed E-state index contributed by atoms with van der Waals surface area (Å²) in [6.45, 7) is 1.97. The van der Waals surface area contributed by atoms with E-state index in [2.05, 4.69) is 9.46 Å². The van der Waals surface area contributed by atoms with Crippen LogP contribution in [0, 0.1) is 0 Å². The summed E-state index contributed by atoms with van der Waals surface area (Å²) in [6, 6.07) is 9.47. The molecule has 112 valence electrons. The Kier molecular flexibility index (Phi) is 4.64. The number of methoxy groups -OCH3 is 1. The van der Waals surface area contributed by atoms with E-state index in [1.165, 1.54) is 42.7 Å². The average molecular weight is 325 g/mol. The molecule has 1 N–H and O–H groups in total. The summed E-state index contributed by atoms with van der Waals surface area (Å²) in [5.74, 6) is -0.463. The smallest absolute Gasteiger partial charge is 0.337 e. The lowest BCUT2D eigenvalue weighted by molar-refractivity contribution is 0.0601.